The maximum atomic E-state index is 5.46. The maximum absolute atomic E-state index is 5.46. The third-order valence-electron chi connectivity index (χ3n) is 2.22. The summed E-state index contributed by atoms with van der Waals surface area (Å²) < 4.78 is 7.30. The molecule has 92 valence electrons. The fourth-order valence-corrected chi connectivity index (χ4v) is 1.27. The molecule has 1 heterocycles. The zero-order valence-corrected chi connectivity index (χ0v) is 10.3. The topological polar surface area (TPSA) is 52.0 Å². The third-order valence-corrected chi connectivity index (χ3v) is 2.22. The Morgan fingerprint density at radius 1 is 1.38 bits per heavy atom. The van der Waals surface area contributed by atoms with Crippen molar-refractivity contribution in [3.8, 4) is 0 Å². The summed E-state index contributed by atoms with van der Waals surface area (Å²) in [7, 11) is 0. The summed E-state index contributed by atoms with van der Waals surface area (Å²) in [6, 6.07) is 0. The summed E-state index contributed by atoms with van der Waals surface area (Å²) >= 11 is 0. The molecule has 1 aromatic heterocycles. The molecular weight excluding hydrogens is 204 g/mol. The number of unbranched alkanes of at least 4 members (excludes halogenated alkanes) is 1. The fourth-order valence-electron chi connectivity index (χ4n) is 1.27. The van der Waals surface area contributed by atoms with Crippen LogP contribution in [0.3, 0.4) is 0 Å². The van der Waals surface area contributed by atoms with Gasteiger partial charge in [-0.3, -0.25) is 4.68 Å². The second kappa shape index (κ2) is 8.24. The lowest BCUT2D eigenvalue weighted by molar-refractivity contribution is 0.121. The number of nitrogens with zero attached hydrogens (tertiary/aromatic N) is 3. The van der Waals surface area contributed by atoms with E-state index in [2.05, 4.69) is 29.2 Å². The zero-order chi connectivity index (χ0) is 11.6. The number of ether oxygens (including phenoxy) is 1. The van der Waals surface area contributed by atoms with Gasteiger partial charge in [0.15, 0.2) is 5.82 Å². The van der Waals surface area contributed by atoms with E-state index in [1.807, 2.05) is 4.68 Å². The fraction of sp³-hybridized carbons (Fsp3) is 0.818. The van der Waals surface area contributed by atoms with Crippen molar-refractivity contribution < 1.29 is 4.74 Å². The van der Waals surface area contributed by atoms with Gasteiger partial charge in [0.1, 0.15) is 6.33 Å². The normalized spacial score (nSPS) is 10.9. The average Bonchev–Trinajstić information content (AvgIpc) is 2.74. The summed E-state index contributed by atoms with van der Waals surface area (Å²) in [5.74, 6) is 0.843. The molecule has 1 aromatic rings. The maximum Gasteiger partial charge on any atom is 0.164 e. The van der Waals surface area contributed by atoms with Crippen molar-refractivity contribution in [2.45, 2.75) is 39.8 Å². The first-order valence-corrected chi connectivity index (χ1v) is 6.03. The van der Waals surface area contributed by atoms with Crippen molar-refractivity contribution in [1.29, 1.82) is 0 Å². The molecule has 0 aliphatic rings. The van der Waals surface area contributed by atoms with Crippen LogP contribution in [0.1, 0.15) is 32.5 Å². The minimum Gasteiger partial charge on any atom is -0.380 e. The van der Waals surface area contributed by atoms with E-state index in [0.717, 1.165) is 38.5 Å². The molecule has 0 atom stereocenters. The largest absolute Gasteiger partial charge is 0.380 e. The van der Waals surface area contributed by atoms with Crippen LogP contribution in [0.25, 0.3) is 0 Å². The van der Waals surface area contributed by atoms with E-state index in [9.17, 15) is 0 Å². The summed E-state index contributed by atoms with van der Waals surface area (Å²) in [6.07, 6.45) is 4.06. The molecule has 0 aromatic carbocycles. The van der Waals surface area contributed by atoms with E-state index in [0.29, 0.717) is 6.61 Å². The Balaban J connectivity index is 2.14. The molecule has 0 fully saturated rings. The monoisotopic (exact) mass is 226 g/mol. The molecule has 0 aliphatic carbocycles. The van der Waals surface area contributed by atoms with E-state index >= 15 is 0 Å². The molecule has 0 saturated carbocycles. The molecule has 0 saturated heterocycles. The van der Waals surface area contributed by atoms with Crippen molar-refractivity contribution in [1.82, 2.24) is 20.1 Å². The lowest BCUT2D eigenvalue weighted by atomic mass is 10.4. The Labute approximate surface area is 97.2 Å². The summed E-state index contributed by atoms with van der Waals surface area (Å²) in [4.78, 5) is 4.20. The van der Waals surface area contributed by atoms with Gasteiger partial charge in [-0.15, -0.1) is 0 Å². The van der Waals surface area contributed by atoms with Gasteiger partial charge < -0.3 is 10.1 Å². The predicted molar refractivity (Wildman–Crippen MR) is 63.1 cm³/mol. The van der Waals surface area contributed by atoms with Crippen LogP contribution in [0.5, 0.6) is 0 Å². The minimum atomic E-state index is 0.712. The van der Waals surface area contributed by atoms with Crippen LogP contribution < -0.4 is 5.32 Å². The smallest absolute Gasteiger partial charge is 0.164 e. The lowest BCUT2D eigenvalue weighted by Gasteiger charge is -2.02. The van der Waals surface area contributed by atoms with Crippen molar-refractivity contribution >= 4 is 0 Å². The van der Waals surface area contributed by atoms with E-state index < -0.39 is 0 Å². The SMILES string of the molecule is CCCCOCCn1cnc(CNCC)n1. The Bertz CT molecular complexity index is 275. The average molecular weight is 226 g/mol. The van der Waals surface area contributed by atoms with Crippen molar-refractivity contribution in [3.63, 3.8) is 0 Å². The van der Waals surface area contributed by atoms with Gasteiger partial charge in [-0.25, -0.2) is 4.98 Å². The van der Waals surface area contributed by atoms with E-state index in [-0.39, 0.29) is 0 Å². The highest BCUT2D eigenvalue weighted by atomic mass is 16.5. The van der Waals surface area contributed by atoms with Gasteiger partial charge >= 0.3 is 0 Å². The Kier molecular flexibility index (Phi) is 6.76. The number of rotatable bonds is 9. The van der Waals surface area contributed by atoms with Gasteiger partial charge in [0.25, 0.3) is 0 Å². The second-order valence-corrected chi connectivity index (χ2v) is 3.67. The van der Waals surface area contributed by atoms with Crippen LogP contribution in [-0.2, 0) is 17.8 Å². The quantitative estimate of drug-likeness (QED) is 0.643. The molecule has 1 rings (SSSR count). The van der Waals surface area contributed by atoms with Gasteiger partial charge in [-0.1, -0.05) is 20.3 Å². The molecule has 5 heteroatoms. The molecule has 1 N–H and O–H groups in total. The van der Waals surface area contributed by atoms with Crippen molar-refractivity contribution in [2.24, 2.45) is 0 Å². The highest BCUT2D eigenvalue weighted by Gasteiger charge is 1.99. The highest BCUT2D eigenvalue weighted by molar-refractivity contribution is 4.80. The summed E-state index contributed by atoms with van der Waals surface area (Å²) in [5.41, 5.74) is 0. The number of hydrogen-bond acceptors (Lipinski definition) is 4. The Morgan fingerprint density at radius 2 is 2.25 bits per heavy atom. The first-order chi connectivity index (χ1) is 7.86. The summed E-state index contributed by atoms with van der Waals surface area (Å²) in [6.45, 7) is 8.24. The van der Waals surface area contributed by atoms with Crippen LogP contribution >= 0.6 is 0 Å². The molecule has 0 radical (unpaired) electrons. The first kappa shape index (κ1) is 13.1. The number of hydrogen-bond donors (Lipinski definition) is 1. The van der Waals surface area contributed by atoms with Crippen LogP contribution in [0.2, 0.25) is 0 Å². The van der Waals surface area contributed by atoms with Crippen LogP contribution in [-0.4, -0.2) is 34.5 Å². The van der Waals surface area contributed by atoms with E-state index in [4.69, 9.17) is 4.74 Å². The Hall–Kier alpha value is -0.940. The molecule has 16 heavy (non-hydrogen) atoms. The number of aromatic nitrogens is 3. The third kappa shape index (κ3) is 5.23. The first-order valence-electron chi connectivity index (χ1n) is 6.03. The molecule has 0 spiro atoms. The van der Waals surface area contributed by atoms with Gasteiger partial charge in [0.2, 0.25) is 0 Å². The van der Waals surface area contributed by atoms with Crippen LogP contribution in [0.15, 0.2) is 6.33 Å². The molecule has 5 nitrogen and oxygen atoms in total. The highest BCUT2D eigenvalue weighted by Crippen LogP contribution is 1.92. The van der Waals surface area contributed by atoms with Crippen molar-refractivity contribution in [3.05, 3.63) is 12.2 Å². The summed E-state index contributed by atoms with van der Waals surface area (Å²) in [5, 5.41) is 7.52. The molecule has 0 unspecified atom stereocenters. The minimum absolute atomic E-state index is 0.712. The second-order valence-electron chi connectivity index (χ2n) is 3.67. The zero-order valence-electron chi connectivity index (χ0n) is 10.3. The van der Waals surface area contributed by atoms with Crippen molar-refractivity contribution in [2.75, 3.05) is 19.8 Å². The lowest BCUT2D eigenvalue weighted by Crippen LogP contribution is -2.13. The van der Waals surface area contributed by atoms with Gasteiger partial charge in [-0.2, -0.15) is 5.10 Å². The van der Waals surface area contributed by atoms with E-state index in [1.165, 1.54) is 6.42 Å². The van der Waals surface area contributed by atoms with Crippen LogP contribution in [0.4, 0.5) is 0 Å². The molecule has 0 amide bonds. The van der Waals surface area contributed by atoms with Gasteiger partial charge in [0.05, 0.1) is 19.7 Å². The van der Waals surface area contributed by atoms with Crippen LogP contribution in [0, 0.1) is 0 Å². The van der Waals surface area contributed by atoms with Gasteiger partial charge in [-0.05, 0) is 13.0 Å². The molecule has 0 bridgehead atoms. The predicted octanol–water partition coefficient (Wildman–Crippen LogP) is 1.20. The Morgan fingerprint density at radius 3 is 3.00 bits per heavy atom. The van der Waals surface area contributed by atoms with E-state index in [1.54, 1.807) is 6.33 Å². The molecule has 0 aliphatic heterocycles. The standard InChI is InChI=1S/C11H22N4O/c1-3-5-7-16-8-6-15-10-13-11(14-15)9-12-4-2/h10,12H,3-9H2,1-2H3. The number of nitrogens with one attached hydrogen (secondary N) is 1. The molecular formula is C11H22N4O. The van der Waals surface area contributed by atoms with Gasteiger partial charge in [0, 0.05) is 6.61 Å².